The number of ether oxygens (including phenoxy) is 1. The molecule has 56 valence electrons. The van der Waals surface area contributed by atoms with Crippen LogP contribution in [0.3, 0.4) is 0 Å². The monoisotopic (exact) mass is 142 g/mol. The van der Waals surface area contributed by atoms with Gasteiger partial charge in [-0.3, -0.25) is 0 Å². The number of methoxy groups -OCH3 is 1. The van der Waals surface area contributed by atoms with Crippen LogP contribution in [0.2, 0.25) is 0 Å². The van der Waals surface area contributed by atoms with Crippen molar-refractivity contribution in [1.29, 1.82) is 0 Å². The maximum absolute atomic E-state index is 9.93. The van der Waals surface area contributed by atoms with Crippen molar-refractivity contribution >= 4 is 6.08 Å². The molecule has 0 aliphatic carbocycles. The maximum atomic E-state index is 9.93. The van der Waals surface area contributed by atoms with E-state index in [0.29, 0.717) is 6.54 Å². The second-order valence-corrected chi connectivity index (χ2v) is 2.28. The lowest BCUT2D eigenvalue weighted by molar-refractivity contribution is 0.0155. The number of carbonyl (C=O) groups excluding carboxylic acids is 1. The summed E-state index contributed by atoms with van der Waals surface area (Å²) in [6, 6.07) is 0. The first-order valence-electron chi connectivity index (χ1n) is 3.18. The van der Waals surface area contributed by atoms with Crippen LogP contribution in [0.4, 0.5) is 0 Å². The van der Waals surface area contributed by atoms with Gasteiger partial charge in [0, 0.05) is 26.6 Å². The van der Waals surface area contributed by atoms with Crippen molar-refractivity contribution in [1.82, 2.24) is 5.32 Å². The number of nitrogens with zero attached hydrogens (tertiary/aromatic N) is 1. The molecule has 0 spiro atoms. The molecule has 1 rings (SSSR count). The number of hydrogen-bond acceptors (Lipinski definition) is 4. The molecule has 1 N–H and O–H groups in total. The molecule has 1 aliphatic rings. The van der Waals surface area contributed by atoms with Crippen LogP contribution in [0.1, 0.15) is 6.42 Å². The number of hydrogen-bond donors (Lipinski definition) is 1. The van der Waals surface area contributed by atoms with Crippen molar-refractivity contribution in [2.75, 3.05) is 20.2 Å². The molecule has 1 aliphatic heterocycles. The molecule has 10 heavy (non-hydrogen) atoms. The molecule has 0 aromatic heterocycles. The molecule has 4 heteroatoms. The van der Waals surface area contributed by atoms with Crippen LogP contribution < -0.4 is 5.32 Å². The molecule has 1 heterocycles. The first kappa shape index (κ1) is 7.41. The molecule has 1 unspecified atom stereocenters. The quantitative estimate of drug-likeness (QED) is 0.424. The Morgan fingerprint density at radius 3 is 3.00 bits per heavy atom. The van der Waals surface area contributed by atoms with Gasteiger partial charge in [0.15, 0.2) is 5.72 Å². The van der Waals surface area contributed by atoms with Gasteiger partial charge in [-0.25, -0.2) is 4.79 Å². The molecule has 0 amide bonds. The summed E-state index contributed by atoms with van der Waals surface area (Å²) in [5, 5.41) is 3.05. The molecule has 0 radical (unpaired) electrons. The smallest absolute Gasteiger partial charge is 0.238 e. The van der Waals surface area contributed by atoms with E-state index in [0.717, 1.165) is 13.0 Å². The highest BCUT2D eigenvalue weighted by atomic mass is 16.5. The number of nitrogens with one attached hydrogen (secondary N) is 1. The molecular formula is C6H10N2O2. The molecule has 1 saturated heterocycles. The molecule has 1 atom stereocenters. The normalized spacial score (nSPS) is 31.7. The molecule has 4 nitrogen and oxygen atoms in total. The predicted molar refractivity (Wildman–Crippen MR) is 35.3 cm³/mol. The van der Waals surface area contributed by atoms with Gasteiger partial charge in [0.2, 0.25) is 6.08 Å². The van der Waals surface area contributed by atoms with Gasteiger partial charge < -0.3 is 10.1 Å². The van der Waals surface area contributed by atoms with E-state index >= 15 is 0 Å². The van der Waals surface area contributed by atoms with Gasteiger partial charge in [0.05, 0.1) is 0 Å². The van der Waals surface area contributed by atoms with Crippen molar-refractivity contribution in [2.24, 2.45) is 4.99 Å². The molecule has 0 aromatic rings. The van der Waals surface area contributed by atoms with Gasteiger partial charge in [-0.05, 0) is 0 Å². The zero-order valence-corrected chi connectivity index (χ0v) is 5.89. The fourth-order valence-electron chi connectivity index (χ4n) is 1.05. The van der Waals surface area contributed by atoms with E-state index in [1.165, 1.54) is 6.08 Å². The summed E-state index contributed by atoms with van der Waals surface area (Å²) in [7, 11) is 1.55. The average Bonchev–Trinajstić information content (AvgIpc) is 2.39. The lowest BCUT2D eigenvalue weighted by atomic mass is 10.2. The van der Waals surface area contributed by atoms with E-state index in [2.05, 4.69) is 10.3 Å². The van der Waals surface area contributed by atoms with Crippen LogP contribution >= 0.6 is 0 Å². The van der Waals surface area contributed by atoms with Crippen LogP contribution in [-0.4, -0.2) is 32.0 Å². The lowest BCUT2D eigenvalue weighted by Crippen LogP contribution is -2.31. The molecule has 0 aromatic carbocycles. The Kier molecular flexibility index (Phi) is 2.17. The second kappa shape index (κ2) is 2.92. The van der Waals surface area contributed by atoms with Gasteiger partial charge >= 0.3 is 0 Å². The van der Waals surface area contributed by atoms with E-state index in [1.807, 2.05) is 0 Å². The lowest BCUT2D eigenvalue weighted by Gasteiger charge is -2.18. The Hall–Kier alpha value is -0.700. The highest BCUT2D eigenvalue weighted by molar-refractivity contribution is 5.34. The molecule has 0 saturated carbocycles. The summed E-state index contributed by atoms with van der Waals surface area (Å²) >= 11 is 0. The van der Waals surface area contributed by atoms with Gasteiger partial charge in [-0.2, -0.15) is 4.99 Å². The van der Waals surface area contributed by atoms with Crippen LogP contribution in [0.15, 0.2) is 4.99 Å². The third-order valence-electron chi connectivity index (χ3n) is 1.72. The van der Waals surface area contributed by atoms with E-state index in [-0.39, 0.29) is 0 Å². The first-order valence-corrected chi connectivity index (χ1v) is 3.18. The summed E-state index contributed by atoms with van der Waals surface area (Å²) in [5.74, 6) is 0. The van der Waals surface area contributed by atoms with Crippen molar-refractivity contribution in [2.45, 2.75) is 12.1 Å². The van der Waals surface area contributed by atoms with Crippen molar-refractivity contribution in [3.05, 3.63) is 0 Å². The van der Waals surface area contributed by atoms with Gasteiger partial charge in [0.25, 0.3) is 0 Å². The van der Waals surface area contributed by atoms with E-state index in [4.69, 9.17) is 4.74 Å². The zero-order chi connectivity index (χ0) is 7.45. The average molecular weight is 142 g/mol. The largest absolute Gasteiger partial charge is 0.355 e. The van der Waals surface area contributed by atoms with Crippen LogP contribution in [0.5, 0.6) is 0 Å². The fourth-order valence-corrected chi connectivity index (χ4v) is 1.05. The number of aliphatic imine (C=N–C) groups is 1. The number of rotatable bonds is 2. The standard InChI is InChI=1S/C6H10N2O2/c1-10-6(8-5-9)2-3-7-4-6/h7H,2-4H2,1H3. The van der Waals surface area contributed by atoms with Crippen molar-refractivity contribution in [3.8, 4) is 0 Å². The van der Waals surface area contributed by atoms with Gasteiger partial charge in [-0.15, -0.1) is 0 Å². The number of isocyanates is 1. The zero-order valence-electron chi connectivity index (χ0n) is 5.89. The Labute approximate surface area is 59.3 Å². The highest BCUT2D eigenvalue weighted by Gasteiger charge is 2.32. The van der Waals surface area contributed by atoms with Crippen LogP contribution in [0.25, 0.3) is 0 Å². The van der Waals surface area contributed by atoms with Gasteiger partial charge in [-0.1, -0.05) is 0 Å². The first-order chi connectivity index (χ1) is 4.83. The Morgan fingerprint density at radius 2 is 2.60 bits per heavy atom. The molecular weight excluding hydrogens is 132 g/mol. The van der Waals surface area contributed by atoms with Crippen LogP contribution in [0, 0.1) is 0 Å². The van der Waals surface area contributed by atoms with Crippen molar-refractivity contribution in [3.63, 3.8) is 0 Å². The van der Waals surface area contributed by atoms with Gasteiger partial charge in [0.1, 0.15) is 0 Å². The maximum Gasteiger partial charge on any atom is 0.238 e. The summed E-state index contributed by atoms with van der Waals surface area (Å²) in [5.41, 5.74) is -0.623. The van der Waals surface area contributed by atoms with Crippen LogP contribution in [-0.2, 0) is 9.53 Å². The summed E-state index contributed by atoms with van der Waals surface area (Å²) in [6.07, 6.45) is 2.26. The topological polar surface area (TPSA) is 50.7 Å². The van der Waals surface area contributed by atoms with Crippen molar-refractivity contribution < 1.29 is 9.53 Å². The molecule has 1 fully saturated rings. The summed E-state index contributed by atoms with van der Waals surface area (Å²) in [4.78, 5) is 13.5. The van der Waals surface area contributed by atoms with E-state index < -0.39 is 5.72 Å². The highest BCUT2D eigenvalue weighted by Crippen LogP contribution is 2.18. The Bertz CT molecular complexity index is 157. The third kappa shape index (κ3) is 1.24. The van der Waals surface area contributed by atoms with E-state index in [9.17, 15) is 4.79 Å². The SMILES string of the molecule is COC1(N=C=O)CCNC1. The fraction of sp³-hybridized carbons (Fsp3) is 0.833. The predicted octanol–water partition coefficient (Wildman–Crippen LogP) is -0.342. The summed E-state index contributed by atoms with van der Waals surface area (Å²) < 4.78 is 5.05. The Balaban J connectivity index is 2.66. The minimum atomic E-state index is -0.623. The second-order valence-electron chi connectivity index (χ2n) is 2.28. The van der Waals surface area contributed by atoms with E-state index in [1.54, 1.807) is 7.11 Å². The Morgan fingerprint density at radius 1 is 1.80 bits per heavy atom. The summed E-state index contributed by atoms with van der Waals surface area (Å²) in [6.45, 7) is 1.46. The minimum absolute atomic E-state index is 0.610. The molecule has 0 bridgehead atoms. The third-order valence-corrected chi connectivity index (χ3v) is 1.72. The minimum Gasteiger partial charge on any atom is -0.355 e.